The largest absolute Gasteiger partial charge is 0.235 e. The molecule has 0 saturated carbocycles. The number of halogens is 2. The molecule has 4 rings (SSSR count). The zero-order valence-electron chi connectivity index (χ0n) is 12.2. The highest BCUT2D eigenvalue weighted by Crippen LogP contribution is 2.25. The van der Waals surface area contributed by atoms with E-state index >= 15 is 0 Å². The van der Waals surface area contributed by atoms with Crippen molar-refractivity contribution in [2.75, 3.05) is 0 Å². The normalized spacial score (nSPS) is 11.6. The van der Waals surface area contributed by atoms with Gasteiger partial charge in [-0.2, -0.15) is 9.61 Å². The lowest BCUT2D eigenvalue weighted by Crippen LogP contribution is -1.90. The molecule has 0 atom stereocenters. The van der Waals surface area contributed by atoms with Crippen molar-refractivity contribution in [3.63, 3.8) is 0 Å². The number of hydrogen-bond donors (Lipinski definition) is 0. The Morgan fingerprint density at radius 3 is 2.62 bits per heavy atom. The fraction of sp³-hybridized carbons (Fsp3) is 0. The first kappa shape index (κ1) is 15.3. The lowest BCUT2D eigenvalue weighted by atomic mass is 10.2. The Morgan fingerprint density at radius 2 is 1.79 bits per heavy atom. The summed E-state index contributed by atoms with van der Waals surface area (Å²) in [5, 5.41) is 15.1. The van der Waals surface area contributed by atoms with E-state index in [9.17, 15) is 0 Å². The van der Waals surface area contributed by atoms with Gasteiger partial charge in [0.05, 0.1) is 0 Å². The first-order valence-corrected chi connectivity index (χ1v) is 8.69. The van der Waals surface area contributed by atoms with Gasteiger partial charge in [-0.15, -0.1) is 10.2 Å². The SMILES string of the molecule is Clc1ccc(Cl)c(/C=C/c2nn3c(-c4ccccc4)nnc3s2)c1. The summed E-state index contributed by atoms with van der Waals surface area (Å²) in [5.41, 5.74) is 1.82. The van der Waals surface area contributed by atoms with E-state index in [1.807, 2.05) is 48.6 Å². The third-order valence-corrected chi connectivity index (χ3v) is 4.85. The molecular weight excluding hydrogens is 363 g/mol. The standard InChI is InChI=1S/C17H10Cl2N4S/c18-13-7-8-14(19)12(10-13)6-9-15-22-23-16(20-21-17(23)24-15)11-4-2-1-3-5-11/h1-10H/b9-6+. The summed E-state index contributed by atoms with van der Waals surface area (Å²) < 4.78 is 1.75. The fourth-order valence-corrected chi connectivity index (χ4v) is 3.37. The van der Waals surface area contributed by atoms with E-state index in [0.717, 1.165) is 26.9 Å². The van der Waals surface area contributed by atoms with E-state index in [4.69, 9.17) is 23.2 Å². The topological polar surface area (TPSA) is 43.1 Å². The van der Waals surface area contributed by atoms with Crippen molar-refractivity contribution in [2.45, 2.75) is 0 Å². The Morgan fingerprint density at radius 1 is 0.958 bits per heavy atom. The average molecular weight is 373 g/mol. The van der Waals surface area contributed by atoms with Gasteiger partial charge in [-0.05, 0) is 29.8 Å². The highest BCUT2D eigenvalue weighted by atomic mass is 35.5. The number of rotatable bonds is 3. The summed E-state index contributed by atoms with van der Waals surface area (Å²) in [6, 6.07) is 15.2. The van der Waals surface area contributed by atoms with Crippen LogP contribution < -0.4 is 0 Å². The second-order valence-electron chi connectivity index (χ2n) is 5.02. The van der Waals surface area contributed by atoms with Crippen molar-refractivity contribution in [1.29, 1.82) is 0 Å². The second-order valence-corrected chi connectivity index (χ2v) is 6.85. The van der Waals surface area contributed by atoms with Crippen LogP contribution in [-0.4, -0.2) is 19.8 Å². The highest BCUT2D eigenvalue weighted by Gasteiger charge is 2.11. The van der Waals surface area contributed by atoms with Gasteiger partial charge in [0.2, 0.25) is 4.96 Å². The van der Waals surface area contributed by atoms with Crippen molar-refractivity contribution in [3.05, 3.63) is 69.1 Å². The summed E-state index contributed by atoms with van der Waals surface area (Å²) in [7, 11) is 0. The minimum absolute atomic E-state index is 0.642. The molecule has 4 nitrogen and oxygen atoms in total. The van der Waals surface area contributed by atoms with Crippen LogP contribution in [0.15, 0.2) is 48.5 Å². The van der Waals surface area contributed by atoms with Crippen LogP contribution in [0.25, 0.3) is 28.5 Å². The minimum atomic E-state index is 0.642. The van der Waals surface area contributed by atoms with Gasteiger partial charge in [0.25, 0.3) is 0 Å². The van der Waals surface area contributed by atoms with E-state index < -0.39 is 0 Å². The quantitative estimate of drug-likeness (QED) is 0.488. The molecule has 4 aromatic rings. The van der Waals surface area contributed by atoms with Crippen molar-refractivity contribution in [1.82, 2.24) is 19.8 Å². The zero-order chi connectivity index (χ0) is 16.5. The van der Waals surface area contributed by atoms with Gasteiger partial charge in [-0.25, -0.2) is 0 Å². The number of aromatic nitrogens is 4. The van der Waals surface area contributed by atoms with Crippen LogP contribution in [0.2, 0.25) is 10.0 Å². The maximum absolute atomic E-state index is 6.17. The molecule has 118 valence electrons. The van der Waals surface area contributed by atoms with E-state index in [-0.39, 0.29) is 0 Å². The van der Waals surface area contributed by atoms with Crippen LogP contribution in [-0.2, 0) is 0 Å². The van der Waals surface area contributed by atoms with Crippen LogP contribution in [0.5, 0.6) is 0 Å². The van der Waals surface area contributed by atoms with Gasteiger partial charge in [0.15, 0.2) is 5.82 Å². The van der Waals surface area contributed by atoms with Crippen LogP contribution in [0, 0.1) is 0 Å². The molecule has 0 aliphatic carbocycles. The molecule has 7 heteroatoms. The van der Waals surface area contributed by atoms with Gasteiger partial charge in [0, 0.05) is 15.6 Å². The predicted octanol–water partition coefficient (Wildman–Crippen LogP) is 5.33. The Kier molecular flexibility index (Phi) is 4.06. The first-order valence-electron chi connectivity index (χ1n) is 7.11. The maximum atomic E-state index is 6.17. The Labute approximate surface area is 152 Å². The van der Waals surface area contributed by atoms with Gasteiger partial charge >= 0.3 is 0 Å². The van der Waals surface area contributed by atoms with E-state index in [2.05, 4.69) is 15.3 Å². The summed E-state index contributed by atoms with van der Waals surface area (Å²) in [5.74, 6) is 0.724. The molecule has 0 aliphatic rings. The third kappa shape index (κ3) is 2.94. The van der Waals surface area contributed by atoms with E-state index in [1.165, 1.54) is 11.3 Å². The van der Waals surface area contributed by atoms with E-state index in [0.29, 0.717) is 10.0 Å². The number of nitrogens with zero attached hydrogens (tertiary/aromatic N) is 4. The smallest absolute Gasteiger partial charge is 0.182 e. The molecule has 2 heterocycles. The van der Waals surface area contributed by atoms with Crippen LogP contribution in [0.3, 0.4) is 0 Å². The average Bonchev–Trinajstić information content (AvgIpc) is 3.16. The third-order valence-electron chi connectivity index (χ3n) is 3.40. The van der Waals surface area contributed by atoms with Gasteiger partial charge in [-0.1, -0.05) is 70.9 Å². The molecule has 0 fully saturated rings. The molecule has 0 unspecified atom stereocenters. The van der Waals surface area contributed by atoms with Gasteiger partial charge < -0.3 is 0 Å². The molecule has 2 aromatic heterocycles. The molecule has 0 saturated heterocycles. The molecular formula is C17H10Cl2N4S. The fourth-order valence-electron chi connectivity index (χ4n) is 2.27. The summed E-state index contributed by atoms with van der Waals surface area (Å²) >= 11 is 13.6. The molecule has 0 N–H and O–H groups in total. The molecule has 24 heavy (non-hydrogen) atoms. The molecule has 0 bridgehead atoms. The summed E-state index contributed by atoms with van der Waals surface area (Å²) in [4.78, 5) is 0.741. The van der Waals surface area contributed by atoms with Gasteiger partial charge in [0.1, 0.15) is 5.01 Å². The summed E-state index contributed by atoms with van der Waals surface area (Å²) in [6.45, 7) is 0. The first-order chi connectivity index (χ1) is 11.7. The van der Waals surface area contributed by atoms with Gasteiger partial charge in [-0.3, -0.25) is 0 Å². The van der Waals surface area contributed by atoms with Crippen LogP contribution in [0.4, 0.5) is 0 Å². The molecule has 2 aromatic carbocycles. The highest BCUT2D eigenvalue weighted by molar-refractivity contribution is 7.17. The lowest BCUT2D eigenvalue weighted by molar-refractivity contribution is 0.960. The molecule has 0 spiro atoms. The van der Waals surface area contributed by atoms with Crippen LogP contribution >= 0.6 is 34.5 Å². The monoisotopic (exact) mass is 372 g/mol. The number of hydrogen-bond acceptors (Lipinski definition) is 4. The van der Waals surface area contributed by atoms with Crippen molar-refractivity contribution >= 4 is 51.7 Å². The maximum Gasteiger partial charge on any atom is 0.235 e. The van der Waals surface area contributed by atoms with Crippen molar-refractivity contribution in [2.24, 2.45) is 0 Å². The lowest BCUT2D eigenvalue weighted by Gasteiger charge is -1.98. The molecule has 0 aliphatic heterocycles. The Balaban J connectivity index is 1.70. The molecule has 0 radical (unpaired) electrons. The summed E-state index contributed by atoms with van der Waals surface area (Å²) in [6.07, 6.45) is 3.79. The Hall–Kier alpha value is -2.21. The number of benzene rings is 2. The van der Waals surface area contributed by atoms with Crippen molar-refractivity contribution in [3.8, 4) is 11.4 Å². The second kappa shape index (κ2) is 6.36. The van der Waals surface area contributed by atoms with Crippen LogP contribution in [0.1, 0.15) is 10.6 Å². The minimum Gasteiger partial charge on any atom is -0.182 e. The van der Waals surface area contributed by atoms with Crippen molar-refractivity contribution < 1.29 is 0 Å². The predicted molar refractivity (Wildman–Crippen MR) is 99.5 cm³/mol. The number of fused-ring (bicyclic) bond motifs is 1. The zero-order valence-corrected chi connectivity index (χ0v) is 14.6. The molecule has 0 amide bonds. The van der Waals surface area contributed by atoms with E-state index in [1.54, 1.807) is 16.6 Å². The Bertz CT molecular complexity index is 1040.